The molecule has 4 nitrogen and oxygen atoms in total. The molecule has 0 bridgehead atoms. The minimum Gasteiger partial charge on any atom is -0.345 e. The highest BCUT2D eigenvalue weighted by Crippen LogP contribution is 2.33. The van der Waals surface area contributed by atoms with Crippen LogP contribution in [0.3, 0.4) is 0 Å². The van der Waals surface area contributed by atoms with Crippen LogP contribution < -0.4 is 11.1 Å². The third-order valence-electron chi connectivity index (χ3n) is 4.52. The zero-order valence-electron chi connectivity index (χ0n) is 11.4. The van der Waals surface area contributed by atoms with Crippen LogP contribution in [0, 0.1) is 5.92 Å². The van der Waals surface area contributed by atoms with Gasteiger partial charge in [0.05, 0.1) is 17.4 Å². The van der Waals surface area contributed by atoms with Crippen molar-refractivity contribution in [2.75, 3.05) is 7.05 Å². The van der Waals surface area contributed by atoms with Crippen molar-refractivity contribution in [3.63, 3.8) is 0 Å². The van der Waals surface area contributed by atoms with E-state index in [1.165, 1.54) is 31.2 Å². The fourth-order valence-electron chi connectivity index (χ4n) is 3.20. The molecule has 0 amide bonds. The molecule has 1 aliphatic carbocycles. The second-order valence-electron chi connectivity index (χ2n) is 5.61. The zero-order chi connectivity index (χ0) is 13.2. The summed E-state index contributed by atoms with van der Waals surface area (Å²) in [5, 5.41) is 3.37. The molecule has 4 heteroatoms. The second kappa shape index (κ2) is 5.31. The summed E-state index contributed by atoms with van der Waals surface area (Å²) in [6.07, 6.45) is 6.64. The number of aromatic amines is 1. The molecule has 0 saturated heterocycles. The molecule has 2 aromatic rings. The van der Waals surface area contributed by atoms with Crippen LogP contribution >= 0.6 is 0 Å². The van der Waals surface area contributed by atoms with E-state index in [0.717, 1.165) is 11.0 Å². The van der Waals surface area contributed by atoms with Gasteiger partial charge >= 0.3 is 0 Å². The number of hydrogen-bond acceptors (Lipinski definition) is 3. The largest absolute Gasteiger partial charge is 0.345 e. The molecule has 1 aliphatic rings. The number of H-pyrrole nitrogens is 1. The minimum atomic E-state index is 0.144. The van der Waals surface area contributed by atoms with Crippen LogP contribution in [0.1, 0.15) is 37.3 Å². The number of nitrogens with zero attached hydrogens (tertiary/aromatic N) is 1. The number of imidazole rings is 1. The van der Waals surface area contributed by atoms with E-state index in [2.05, 4.69) is 40.5 Å². The van der Waals surface area contributed by atoms with Crippen molar-refractivity contribution in [2.45, 2.75) is 37.8 Å². The van der Waals surface area contributed by atoms with Gasteiger partial charge in [0.2, 0.25) is 0 Å². The maximum Gasteiger partial charge on any atom is 0.0931 e. The number of benzene rings is 1. The SMILES string of the molecule is CNC1CCC(C(N)c2ccc3nc[nH]c3c2)CC1. The highest BCUT2D eigenvalue weighted by Gasteiger charge is 2.25. The summed E-state index contributed by atoms with van der Waals surface area (Å²) >= 11 is 0. The standard InChI is InChI=1S/C15H22N4/c1-17-12-5-2-10(3-6-12)15(16)11-4-7-13-14(8-11)19-9-18-13/h4,7-10,12,15,17H,2-3,5-6,16H2,1H3,(H,18,19). The lowest BCUT2D eigenvalue weighted by molar-refractivity contribution is 0.267. The van der Waals surface area contributed by atoms with E-state index in [1.54, 1.807) is 6.33 Å². The Labute approximate surface area is 113 Å². The Bertz CT molecular complexity index is 540. The fraction of sp³-hybridized carbons (Fsp3) is 0.533. The molecule has 1 heterocycles. The molecule has 1 saturated carbocycles. The Hall–Kier alpha value is -1.39. The van der Waals surface area contributed by atoms with Gasteiger partial charge in [0.25, 0.3) is 0 Å². The third kappa shape index (κ3) is 2.51. The highest BCUT2D eigenvalue weighted by molar-refractivity contribution is 5.75. The van der Waals surface area contributed by atoms with Gasteiger partial charge in [-0.1, -0.05) is 6.07 Å². The quantitative estimate of drug-likeness (QED) is 0.791. The summed E-state index contributed by atoms with van der Waals surface area (Å²) < 4.78 is 0. The number of fused-ring (bicyclic) bond motifs is 1. The van der Waals surface area contributed by atoms with Crippen molar-refractivity contribution in [1.29, 1.82) is 0 Å². The van der Waals surface area contributed by atoms with Crippen molar-refractivity contribution in [2.24, 2.45) is 11.7 Å². The summed E-state index contributed by atoms with van der Waals surface area (Å²) in [5.41, 5.74) is 9.78. The fourth-order valence-corrected chi connectivity index (χ4v) is 3.20. The Morgan fingerprint density at radius 3 is 2.84 bits per heavy atom. The predicted octanol–water partition coefficient (Wildman–Crippen LogP) is 2.34. The van der Waals surface area contributed by atoms with Crippen LogP contribution in [0.5, 0.6) is 0 Å². The Kier molecular flexibility index (Phi) is 3.53. The van der Waals surface area contributed by atoms with Crippen LogP contribution in [0.2, 0.25) is 0 Å². The van der Waals surface area contributed by atoms with E-state index in [0.29, 0.717) is 12.0 Å². The van der Waals surface area contributed by atoms with E-state index in [1.807, 2.05) is 0 Å². The molecule has 0 aliphatic heterocycles. The van der Waals surface area contributed by atoms with E-state index in [4.69, 9.17) is 5.73 Å². The smallest absolute Gasteiger partial charge is 0.0931 e. The van der Waals surface area contributed by atoms with E-state index >= 15 is 0 Å². The van der Waals surface area contributed by atoms with Crippen molar-refractivity contribution in [3.05, 3.63) is 30.1 Å². The summed E-state index contributed by atoms with van der Waals surface area (Å²) in [6.45, 7) is 0. The van der Waals surface area contributed by atoms with Crippen LogP contribution in [-0.4, -0.2) is 23.1 Å². The summed E-state index contributed by atoms with van der Waals surface area (Å²) in [7, 11) is 2.05. The second-order valence-corrected chi connectivity index (χ2v) is 5.61. The Balaban J connectivity index is 1.74. The molecule has 1 fully saturated rings. The van der Waals surface area contributed by atoms with E-state index < -0.39 is 0 Å². The van der Waals surface area contributed by atoms with Crippen LogP contribution in [0.4, 0.5) is 0 Å². The highest BCUT2D eigenvalue weighted by atomic mass is 14.9. The lowest BCUT2D eigenvalue weighted by atomic mass is 9.79. The molecule has 102 valence electrons. The lowest BCUT2D eigenvalue weighted by Crippen LogP contribution is -2.33. The first-order chi connectivity index (χ1) is 9.28. The first-order valence-electron chi connectivity index (χ1n) is 7.14. The van der Waals surface area contributed by atoms with E-state index in [9.17, 15) is 0 Å². The Morgan fingerprint density at radius 2 is 2.11 bits per heavy atom. The molecule has 1 unspecified atom stereocenters. The topological polar surface area (TPSA) is 66.7 Å². The van der Waals surface area contributed by atoms with E-state index in [-0.39, 0.29) is 6.04 Å². The van der Waals surface area contributed by atoms with Gasteiger partial charge < -0.3 is 16.0 Å². The van der Waals surface area contributed by atoms with Crippen LogP contribution in [-0.2, 0) is 0 Å². The number of rotatable bonds is 3. The molecule has 0 radical (unpaired) electrons. The van der Waals surface area contributed by atoms with Gasteiger partial charge in [0.15, 0.2) is 0 Å². The molecule has 1 aromatic carbocycles. The molecule has 4 N–H and O–H groups in total. The normalized spacial score (nSPS) is 25.6. The number of nitrogens with two attached hydrogens (primary N) is 1. The maximum absolute atomic E-state index is 6.46. The summed E-state index contributed by atoms with van der Waals surface area (Å²) in [6, 6.07) is 7.15. The third-order valence-corrected chi connectivity index (χ3v) is 4.52. The molecular weight excluding hydrogens is 236 g/mol. The van der Waals surface area contributed by atoms with Crippen molar-refractivity contribution >= 4 is 11.0 Å². The average molecular weight is 258 g/mol. The monoisotopic (exact) mass is 258 g/mol. The van der Waals surface area contributed by atoms with Gasteiger partial charge in [-0.05, 0) is 56.3 Å². The zero-order valence-corrected chi connectivity index (χ0v) is 11.4. The van der Waals surface area contributed by atoms with Gasteiger partial charge in [0.1, 0.15) is 0 Å². The molecule has 3 rings (SSSR count). The number of hydrogen-bond donors (Lipinski definition) is 3. The van der Waals surface area contributed by atoms with Crippen LogP contribution in [0.25, 0.3) is 11.0 Å². The lowest BCUT2D eigenvalue weighted by Gasteiger charge is -2.32. The van der Waals surface area contributed by atoms with Crippen molar-refractivity contribution in [3.8, 4) is 0 Å². The molecular formula is C15H22N4. The molecule has 0 spiro atoms. The van der Waals surface area contributed by atoms with Crippen molar-refractivity contribution < 1.29 is 0 Å². The molecule has 1 aromatic heterocycles. The predicted molar refractivity (Wildman–Crippen MR) is 77.8 cm³/mol. The summed E-state index contributed by atoms with van der Waals surface area (Å²) in [5.74, 6) is 0.602. The average Bonchev–Trinajstić information content (AvgIpc) is 2.94. The van der Waals surface area contributed by atoms with Gasteiger partial charge in [-0.2, -0.15) is 0 Å². The maximum atomic E-state index is 6.46. The first kappa shape index (κ1) is 12.6. The molecule has 19 heavy (non-hydrogen) atoms. The van der Waals surface area contributed by atoms with Gasteiger partial charge in [-0.25, -0.2) is 4.98 Å². The first-order valence-corrected chi connectivity index (χ1v) is 7.14. The number of nitrogens with one attached hydrogen (secondary N) is 2. The van der Waals surface area contributed by atoms with Crippen LogP contribution in [0.15, 0.2) is 24.5 Å². The van der Waals surface area contributed by atoms with Gasteiger partial charge in [-0.3, -0.25) is 0 Å². The summed E-state index contributed by atoms with van der Waals surface area (Å²) in [4.78, 5) is 7.41. The van der Waals surface area contributed by atoms with Crippen molar-refractivity contribution in [1.82, 2.24) is 15.3 Å². The molecule has 1 atom stereocenters. The van der Waals surface area contributed by atoms with Gasteiger partial charge in [0, 0.05) is 12.1 Å². The number of aromatic nitrogens is 2. The minimum absolute atomic E-state index is 0.144. The Morgan fingerprint density at radius 1 is 1.32 bits per heavy atom. The van der Waals surface area contributed by atoms with Gasteiger partial charge in [-0.15, -0.1) is 0 Å².